The fraction of sp³-hybridized carbons (Fsp3) is 1.00. The molecule has 0 unspecified atom stereocenters. The summed E-state index contributed by atoms with van der Waals surface area (Å²) in [5, 5.41) is 3.60. The molecule has 0 aliphatic heterocycles. The van der Waals surface area contributed by atoms with Crippen LogP contribution in [0.5, 0.6) is 0 Å². The Hall–Kier alpha value is 0.137. The summed E-state index contributed by atoms with van der Waals surface area (Å²) in [5.41, 5.74) is 0. The fourth-order valence-corrected chi connectivity index (χ4v) is 3.88. The van der Waals surface area contributed by atoms with Crippen molar-refractivity contribution in [2.75, 3.05) is 20.2 Å². The van der Waals surface area contributed by atoms with Crippen LogP contribution in [0.15, 0.2) is 0 Å². The Morgan fingerprint density at radius 1 is 1.12 bits per heavy atom. The second kappa shape index (κ2) is 8.28. The van der Waals surface area contributed by atoms with E-state index >= 15 is 0 Å². The SMILES string of the molecule is CO[Si](C)(C)CCCNCCC1CCCCC1. The second-order valence-corrected chi connectivity index (χ2v) is 10.5. The van der Waals surface area contributed by atoms with Crippen LogP contribution in [0.2, 0.25) is 19.1 Å². The Bertz CT molecular complexity index is 191. The van der Waals surface area contributed by atoms with Crippen LogP contribution in [0.3, 0.4) is 0 Å². The number of rotatable bonds is 8. The third-order valence-corrected chi connectivity index (χ3v) is 6.80. The molecule has 1 aliphatic carbocycles. The maximum absolute atomic E-state index is 5.55. The summed E-state index contributed by atoms with van der Waals surface area (Å²) >= 11 is 0. The molecule has 0 atom stereocenters. The lowest BCUT2D eigenvalue weighted by Gasteiger charge is -2.22. The highest BCUT2D eigenvalue weighted by Gasteiger charge is 2.19. The molecular formula is C14H31NOSi. The van der Waals surface area contributed by atoms with E-state index in [1.54, 1.807) is 0 Å². The summed E-state index contributed by atoms with van der Waals surface area (Å²) in [7, 11) is 0.554. The smallest absolute Gasteiger partial charge is 0.186 e. The van der Waals surface area contributed by atoms with Gasteiger partial charge in [0.1, 0.15) is 0 Å². The zero-order valence-electron chi connectivity index (χ0n) is 12.1. The van der Waals surface area contributed by atoms with Crippen LogP contribution in [0.4, 0.5) is 0 Å². The van der Waals surface area contributed by atoms with E-state index in [-0.39, 0.29) is 0 Å². The van der Waals surface area contributed by atoms with E-state index in [9.17, 15) is 0 Å². The van der Waals surface area contributed by atoms with Gasteiger partial charge in [0.05, 0.1) is 0 Å². The molecule has 0 radical (unpaired) electrons. The summed E-state index contributed by atoms with van der Waals surface area (Å²) in [4.78, 5) is 0. The van der Waals surface area contributed by atoms with Gasteiger partial charge in [0.25, 0.3) is 0 Å². The lowest BCUT2D eigenvalue weighted by molar-refractivity contribution is 0.334. The fourth-order valence-electron chi connectivity index (χ4n) is 2.65. The van der Waals surface area contributed by atoms with E-state index in [0.29, 0.717) is 0 Å². The second-order valence-electron chi connectivity index (χ2n) is 6.11. The lowest BCUT2D eigenvalue weighted by atomic mass is 9.87. The van der Waals surface area contributed by atoms with Gasteiger partial charge in [-0.05, 0) is 51.0 Å². The van der Waals surface area contributed by atoms with Crippen LogP contribution in [-0.4, -0.2) is 28.5 Å². The summed E-state index contributed by atoms with van der Waals surface area (Å²) in [6.07, 6.45) is 10.0. The largest absolute Gasteiger partial charge is 0.420 e. The molecule has 2 nitrogen and oxygen atoms in total. The summed E-state index contributed by atoms with van der Waals surface area (Å²) in [6.45, 7) is 7.00. The van der Waals surface area contributed by atoms with Crippen molar-refractivity contribution in [3.05, 3.63) is 0 Å². The molecule has 0 amide bonds. The third-order valence-electron chi connectivity index (χ3n) is 4.14. The van der Waals surface area contributed by atoms with Crippen molar-refractivity contribution in [2.45, 2.75) is 64.1 Å². The molecule has 3 heteroatoms. The van der Waals surface area contributed by atoms with Gasteiger partial charge in [-0.15, -0.1) is 0 Å². The van der Waals surface area contributed by atoms with E-state index in [4.69, 9.17) is 4.43 Å². The van der Waals surface area contributed by atoms with Gasteiger partial charge < -0.3 is 9.74 Å². The van der Waals surface area contributed by atoms with Gasteiger partial charge in [0.2, 0.25) is 0 Å². The first-order valence-electron chi connectivity index (χ1n) is 7.40. The zero-order valence-corrected chi connectivity index (χ0v) is 13.1. The van der Waals surface area contributed by atoms with E-state index in [1.165, 1.54) is 64.1 Å². The first-order chi connectivity index (χ1) is 8.14. The van der Waals surface area contributed by atoms with E-state index in [0.717, 1.165) is 5.92 Å². The minimum atomic E-state index is -1.31. The Balaban J connectivity index is 1.90. The monoisotopic (exact) mass is 257 g/mol. The number of hydrogen-bond acceptors (Lipinski definition) is 2. The van der Waals surface area contributed by atoms with Gasteiger partial charge in [-0.3, -0.25) is 0 Å². The van der Waals surface area contributed by atoms with Gasteiger partial charge >= 0.3 is 0 Å². The molecule has 0 spiro atoms. The molecule has 0 heterocycles. The van der Waals surface area contributed by atoms with Crippen molar-refractivity contribution < 1.29 is 4.43 Å². The molecule has 1 fully saturated rings. The number of hydrogen-bond donors (Lipinski definition) is 1. The van der Waals surface area contributed by atoms with Crippen LogP contribution in [0.1, 0.15) is 44.9 Å². The maximum Gasteiger partial charge on any atom is 0.186 e. The zero-order chi connectivity index (χ0) is 12.6. The van der Waals surface area contributed by atoms with Gasteiger partial charge in [0.15, 0.2) is 8.32 Å². The molecule has 17 heavy (non-hydrogen) atoms. The van der Waals surface area contributed by atoms with Crippen LogP contribution in [0.25, 0.3) is 0 Å². The average Bonchev–Trinajstić information content (AvgIpc) is 2.35. The summed E-state index contributed by atoms with van der Waals surface area (Å²) in [6, 6.07) is 1.28. The molecule has 1 N–H and O–H groups in total. The van der Waals surface area contributed by atoms with Crippen molar-refractivity contribution in [1.29, 1.82) is 0 Å². The average molecular weight is 257 g/mol. The van der Waals surface area contributed by atoms with Crippen LogP contribution in [-0.2, 0) is 4.43 Å². The van der Waals surface area contributed by atoms with Gasteiger partial charge in [-0.25, -0.2) is 0 Å². The molecule has 1 aliphatic rings. The quantitative estimate of drug-likeness (QED) is 0.528. The van der Waals surface area contributed by atoms with Gasteiger partial charge in [-0.2, -0.15) is 0 Å². The minimum Gasteiger partial charge on any atom is -0.420 e. The highest BCUT2D eigenvalue weighted by Crippen LogP contribution is 2.25. The van der Waals surface area contributed by atoms with E-state index in [1.807, 2.05) is 7.11 Å². The van der Waals surface area contributed by atoms with Crippen molar-refractivity contribution in [3.8, 4) is 0 Å². The Labute approximate surface area is 109 Å². The van der Waals surface area contributed by atoms with E-state index < -0.39 is 8.32 Å². The van der Waals surface area contributed by atoms with E-state index in [2.05, 4.69) is 18.4 Å². The van der Waals surface area contributed by atoms with Crippen LogP contribution >= 0.6 is 0 Å². The molecule has 0 aromatic carbocycles. The highest BCUT2D eigenvalue weighted by molar-refractivity contribution is 6.71. The maximum atomic E-state index is 5.55. The van der Waals surface area contributed by atoms with Gasteiger partial charge in [-0.1, -0.05) is 32.1 Å². The first-order valence-corrected chi connectivity index (χ1v) is 10.5. The molecule has 1 rings (SSSR count). The minimum absolute atomic E-state index is 1.01. The molecule has 0 saturated heterocycles. The molecule has 1 saturated carbocycles. The third kappa shape index (κ3) is 7.22. The van der Waals surface area contributed by atoms with Crippen molar-refractivity contribution in [1.82, 2.24) is 5.32 Å². The molecule has 102 valence electrons. The van der Waals surface area contributed by atoms with Crippen molar-refractivity contribution >= 4 is 8.32 Å². The topological polar surface area (TPSA) is 21.3 Å². The molecule has 0 bridgehead atoms. The number of nitrogens with one attached hydrogen (secondary N) is 1. The Morgan fingerprint density at radius 3 is 2.47 bits per heavy atom. The summed E-state index contributed by atoms with van der Waals surface area (Å²) in [5.74, 6) is 1.01. The van der Waals surface area contributed by atoms with Crippen molar-refractivity contribution in [3.63, 3.8) is 0 Å². The lowest BCUT2D eigenvalue weighted by Crippen LogP contribution is -2.30. The summed E-state index contributed by atoms with van der Waals surface area (Å²) < 4.78 is 5.55. The first kappa shape index (κ1) is 15.2. The molecule has 0 aromatic rings. The Kier molecular flexibility index (Phi) is 7.40. The van der Waals surface area contributed by atoms with Gasteiger partial charge in [0, 0.05) is 7.11 Å². The van der Waals surface area contributed by atoms with Crippen LogP contribution in [0, 0.1) is 5.92 Å². The van der Waals surface area contributed by atoms with Crippen molar-refractivity contribution in [2.24, 2.45) is 5.92 Å². The predicted molar refractivity (Wildman–Crippen MR) is 78.0 cm³/mol. The molecule has 0 aromatic heterocycles. The van der Waals surface area contributed by atoms with Crippen LogP contribution < -0.4 is 5.32 Å². The highest BCUT2D eigenvalue weighted by atomic mass is 28.4. The molecular weight excluding hydrogens is 226 g/mol. The standard InChI is InChI=1S/C14H31NOSi/c1-16-17(2,3)13-7-11-15-12-10-14-8-5-4-6-9-14/h14-15H,4-13H2,1-3H3. The Morgan fingerprint density at radius 2 is 1.82 bits per heavy atom. The predicted octanol–water partition coefficient (Wildman–Crippen LogP) is 3.79. The normalized spacial score (nSPS) is 18.5.